The van der Waals surface area contributed by atoms with Crippen LogP contribution in [0.2, 0.25) is 5.02 Å². The van der Waals surface area contributed by atoms with Crippen molar-refractivity contribution in [3.8, 4) is 0 Å². The van der Waals surface area contributed by atoms with Gasteiger partial charge in [0.1, 0.15) is 0 Å². The number of halogens is 1. The first kappa shape index (κ1) is 17.1. The molecule has 0 saturated heterocycles. The van der Waals surface area contributed by atoms with Crippen molar-refractivity contribution in [3.63, 3.8) is 0 Å². The number of imidazole rings is 1. The van der Waals surface area contributed by atoms with Crippen LogP contribution in [0.15, 0.2) is 47.9 Å². The monoisotopic (exact) mass is 336 g/mol. The van der Waals surface area contributed by atoms with Crippen molar-refractivity contribution in [2.24, 2.45) is 5.41 Å². The number of nitrogens with zero attached hydrogens (tertiary/aromatic N) is 2. The van der Waals surface area contributed by atoms with Crippen LogP contribution in [0.5, 0.6) is 0 Å². The van der Waals surface area contributed by atoms with Crippen LogP contribution in [0, 0.1) is 5.41 Å². The Labute approximate surface area is 141 Å². The van der Waals surface area contributed by atoms with Gasteiger partial charge in [-0.2, -0.15) is 0 Å². The Kier molecular flexibility index (Phi) is 6.09. The normalized spacial score (nSPS) is 11.6. The number of hydrogen-bond donors (Lipinski definition) is 0. The quantitative estimate of drug-likeness (QED) is 0.655. The Morgan fingerprint density at radius 3 is 2.50 bits per heavy atom. The zero-order chi connectivity index (χ0) is 16.0. The Morgan fingerprint density at radius 2 is 1.95 bits per heavy atom. The van der Waals surface area contributed by atoms with Gasteiger partial charge in [0.15, 0.2) is 5.78 Å². The smallest absolute Gasteiger partial charge is 0.159 e. The molecule has 2 rings (SSSR count). The second-order valence-corrected chi connectivity index (χ2v) is 6.87. The molecule has 0 aliphatic heterocycles. The number of Topliss-reactive ketones (excluding diaryl/α,β-unsaturated/α-hetero) is 1. The maximum Gasteiger partial charge on any atom is 0.159 e. The highest BCUT2D eigenvalue weighted by Gasteiger charge is 2.34. The summed E-state index contributed by atoms with van der Waals surface area (Å²) in [5.41, 5.74) is -0.297. The number of thioether (sulfide) groups is 1. The molecular weight excluding hydrogens is 316 g/mol. The van der Waals surface area contributed by atoms with Crippen LogP contribution in [0.3, 0.4) is 0 Å². The lowest BCUT2D eigenvalue weighted by Crippen LogP contribution is -2.35. The SMILES string of the molecule is CCC(CC)(CSc1ccc(Cl)cc1)C(=O)Cn1ccnc1. The highest BCUT2D eigenvalue weighted by Crippen LogP contribution is 2.35. The number of benzene rings is 1. The highest BCUT2D eigenvalue weighted by atomic mass is 35.5. The fourth-order valence-corrected chi connectivity index (χ4v) is 3.86. The van der Waals surface area contributed by atoms with Crippen molar-refractivity contribution in [1.29, 1.82) is 0 Å². The molecule has 5 heteroatoms. The topological polar surface area (TPSA) is 34.9 Å². The van der Waals surface area contributed by atoms with Gasteiger partial charge < -0.3 is 4.57 Å². The summed E-state index contributed by atoms with van der Waals surface area (Å²) >= 11 is 7.64. The molecule has 0 aliphatic rings. The predicted molar refractivity (Wildman–Crippen MR) is 92.4 cm³/mol. The molecule has 0 unspecified atom stereocenters. The molecule has 1 heterocycles. The third-order valence-corrected chi connectivity index (χ3v) is 5.71. The van der Waals surface area contributed by atoms with Gasteiger partial charge in [-0.15, -0.1) is 11.8 Å². The number of carbonyl (C=O) groups is 1. The van der Waals surface area contributed by atoms with Crippen molar-refractivity contribution < 1.29 is 4.79 Å². The minimum Gasteiger partial charge on any atom is -0.330 e. The third-order valence-electron chi connectivity index (χ3n) is 4.16. The zero-order valence-electron chi connectivity index (χ0n) is 13.0. The third kappa shape index (κ3) is 4.14. The molecule has 22 heavy (non-hydrogen) atoms. The summed E-state index contributed by atoms with van der Waals surface area (Å²) in [5.74, 6) is 1.06. The number of ketones is 1. The van der Waals surface area contributed by atoms with E-state index >= 15 is 0 Å². The molecular formula is C17H21ClN2OS. The number of hydrogen-bond acceptors (Lipinski definition) is 3. The Morgan fingerprint density at radius 1 is 1.27 bits per heavy atom. The van der Waals surface area contributed by atoms with Gasteiger partial charge in [-0.25, -0.2) is 4.98 Å². The first-order chi connectivity index (χ1) is 10.6. The molecule has 0 aliphatic carbocycles. The Hall–Kier alpha value is -1.26. The van der Waals surface area contributed by atoms with Gasteiger partial charge in [0, 0.05) is 33.5 Å². The highest BCUT2D eigenvalue weighted by molar-refractivity contribution is 7.99. The first-order valence-corrected chi connectivity index (χ1v) is 8.83. The maximum atomic E-state index is 12.8. The number of carbonyl (C=O) groups excluding carboxylic acids is 1. The average molecular weight is 337 g/mol. The molecule has 0 spiro atoms. The summed E-state index contributed by atoms with van der Waals surface area (Å²) in [5, 5.41) is 0.734. The second-order valence-electron chi connectivity index (χ2n) is 5.39. The largest absolute Gasteiger partial charge is 0.330 e. The molecule has 1 aromatic carbocycles. The summed E-state index contributed by atoms with van der Waals surface area (Å²) < 4.78 is 1.84. The molecule has 0 atom stereocenters. The first-order valence-electron chi connectivity index (χ1n) is 7.47. The van der Waals surface area contributed by atoms with Crippen molar-refractivity contribution >= 4 is 29.1 Å². The standard InChI is InChI=1S/C17H21ClN2OS/c1-3-17(4-2,16(21)11-20-10-9-19-13-20)12-22-15-7-5-14(18)6-8-15/h5-10,13H,3-4,11-12H2,1-2H3. The average Bonchev–Trinajstić information content (AvgIpc) is 3.03. The molecule has 0 fully saturated rings. The summed E-state index contributed by atoms with van der Waals surface area (Å²) in [4.78, 5) is 17.9. The Bertz CT molecular complexity index is 592. The lowest BCUT2D eigenvalue weighted by atomic mass is 9.80. The summed E-state index contributed by atoms with van der Waals surface area (Å²) in [6, 6.07) is 7.78. The predicted octanol–water partition coefficient (Wildman–Crippen LogP) is 4.70. The van der Waals surface area contributed by atoms with Crippen molar-refractivity contribution in [3.05, 3.63) is 48.0 Å². The lowest BCUT2D eigenvalue weighted by Gasteiger charge is -2.30. The zero-order valence-corrected chi connectivity index (χ0v) is 14.5. The lowest BCUT2D eigenvalue weighted by molar-refractivity contribution is -0.128. The minimum absolute atomic E-state index is 0.275. The van der Waals surface area contributed by atoms with Crippen LogP contribution in [-0.4, -0.2) is 21.1 Å². The number of aromatic nitrogens is 2. The molecule has 0 N–H and O–H groups in total. The van der Waals surface area contributed by atoms with Crippen LogP contribution in [0.1, 0.15) is 26.7 Å². The van der Waals surface area contributed by atoms with E-state index in [4.69, 9.17) is 11.6 Å². The van der Waals surface area contributed by atoms with E-state index in [2.05, 4.69) is 18.8 Å². The number of rotatable bonds is 8. The van der Waals surface area contributed by atoms with E-state index in [0.29, 0.717) is 6.54 Å². The van der Waals surface area contributed by atoms with Crippen LogP contribution >= 0.6 is 23.4 Å². The van der Waals surface area contributed by atoms with Crippen LogP contribution in [-0.2, 0) is 11.3 Å². The van der Waals surface area contributed by atoms with Gasteiger partial charge in [-0.1, -0.05) is 25.4 Å². The molecule has 3 nitrogen and oxygen atoms in total. The van der Waals surface area contributed by atoms with Gasteiger partial charge in [0.2, 0.25) is 0 Å². The molecule has 2 aromatic rings. The van der Waals surface area contributed by atoms with Crippen LogP contribution in [0.4, 0.5) is 0 Å². The van der Waals surface area contributed by atoms with Crippen LogP contribution < -0.4 is 0 Å². The molecule has 0 radical (unpaired) electrons. The molecule has 118 valence electrons. The Balaban J connectivity index is 2.06. The molecule has 0 saturated carbocycles. The van der Waals surface area contributed by atoms with Gasteiger partial charge in [-0.3, -0.25) is 4.79 Å². The summed E-state index contributed by atoms with van der Waals surface area (Å²) in [7, 11) is 0. The van der Waals surface area contributed by atoms with E-state index in [-0.39, 0.29) is 11.2 Å². The van der Waals surface area contributed by atoms with Gasteiger partial charge in [0.05, 0.1) is 12.9 Å². The van der Waals surface area contributed by atoms with Gasteiger partial charge in [-0.05, 0) is 37.1 Å². The van der Waals surface area contributed by atoms with Crippen molar-refractivity contribution in [1.82, 2.24) is 9.55 Å². The minimum atomic E-state index is -0.297. The summed E-state index contributed by atoms with van der Waals surface area (Å²) in [6.45, 7) is 4.58. The molecule has 0 amide bonds. The van der Waals surface area contributed by atoms with Crippen molar-refractivity contribution in [2.45, 2.75) is 38.1 Å². The molecule has 1 aromatic heterocycles. The van der Waals surface area contributed by atoms with Crippen LogP contribution in [0.25, 0.3) is 0 Å². The van der Waals surface area contributed by atoms with E-state index in [0.717, 1.165) is 28.5 Å². The van der Waals surface area contributed by atoms with E-state index in [1.54, 1.807) is 24.3 Å². The van der Waals surface area contributed by atoms with E-state index in [1.165, 1.54) is 0 Å². The molecule has 0 bridgehead atoms. The fourth-order valence-electron chi connectivity index (χ4n) is 2.40. The van der Waals surface area contributed by atoms with Gasteiger partial charge in [0.25, 0.3) is 0 Å². The van der Waals surface area contributed by atoms with E-state index in [1.807, 2.05) is 35.0 Å². The van der Waals surface area contributed by atoms with E-state index < -0.39 is 0 Å². The van der Waals surface area contributed by atoms with E-state index in [9.17, 15) is 4.79 Å². The van der Waals surface area contributed by atoms with Crippen molar-refractivity contribution in [2.75, 3.05) is 5.75 Å². The second kappa shape index (κ2) is 7.84. The fraction of sp³-hybridized carbons (Fsp3) is 0.412. The van der Waals surface area contributed by atoms with Gasteiger partial charge >= 0.3 is 0 Å². The summed E-state index contributed by atoms with van der Waals surface area (Å²) in [6.07, 6.45) is 6.92. The maximum absolute atomic E-state index is 12.8.